The van der Waals surface area contributed by atoms with Crippen molar-refractivity contribution in [3.05, 3.63) is 59.2 Å². The van der Waals surface area contributed by atoms with Crippen LogP contribution >= 0.6 is 0 Å². The number of hydrogen-bond acceptors (Lipinski definition) is 5. The lowest BCUT2D eigenvalue weighted by atomic mass is 9.93. The summed E-state index contributed by atoms with van der Waals surface area (Å²) in [6.45, 7) is 11.2. The molecule has 2 aromatic rings. The lowest BCUT2D eigenvalue weighted by Crippen LogP contribution is -2.51. The number of carbonyl (C=O) groups is 1. The SMILES string of the molecule is CCCCOc1ccc(C2NNCC2C(=O)N2CCN(c3cccc(C)c3C)CC2)cc1. The summed E-state index contributed by atoms with van der Waals surface area (Å²) in [5, 5.41) is 0. The van der Waals surface area contributed by atoms with Gasteiger partial charge in [-0.15, -0.1) is 0 Å². The zero-order valence-corrected chi connectivity index (χ0v) is 19.6. The quantitative estimate of drug-likeness (QED) is 0.650. The molecule has 6 nitrogen and oxygen atoms in total. The van der Waals surface area contributed by atoms with E-state index < -0.39 is 0 Å². The minimum atomic E-state index is -0.103. The molecule has 32 heavy (non-hydrogen) atoms. The van der Waals surface area contributed by atoms with Crippen molar-refractivity contribution >= 4 is 11.6 Å². The number of unbranched alkanes of at least 4 members (excludes halogenated alkanes) is 1. The molecule has 0 bridgehead atoms. The van der Waals surface area contributed by atoms with Gasteiger partial charge in [-0.25, -0.2) is 5.43 Å². The summed E-state index contributed by atoms with van der Waals surface area (Å²) < 4.78 is 5.78. The number of anilines is 1. The van der Waals surface area contributed by atoms with Gasteiger partial charge >= 0.3 is 0 Å². The van der Waals surface area contributed by atoms with Gasteiger partial charge in [-0.05, 0) is 55.2 Å². The molecule has 2 heterocycles. The summed E-state index contributed by atoms with van der Waals surface area (Å²) in [6, 6.07) is 14.6. The number of rotatable bonds is 7. The standard InChI is InChI=1S/C26H36N4O2/c1-4-5-17-32-22-11-9-21(10-12-22)25-23(18-27-28-25)26(31)30-15-13-29(14-16-30)24-8-6-7-19(2)20(24)3/h6-12,23,25,27-28H,4-5,13-18H2,1-3H3. The van der Waals surface area contributed by atoms with Crippen molar-refractivity contribution in [3.8, 4) is 5.75 Å². The molecular weight excluding hydrogens is 400 g/mol. The number of benzene rings is 2. The van der Waals surface area contributed by atoms with Crippen molar-refractivity contribution in [2.75, 3.05) is 44.2 Å². The van der Waals surface area contributed by atoms with Gasteiger partial charge in [0.05, 0.1) is 18.6 Å². The van der Waals surface area contributed by atoms with E-state index in [1.54, 1.807) is 0 Å². The first-order chi connectivity index (χ1) is 15.6. The second-order valence-electron chi connectivity index (χ2n) is 8.91. The lowest BCUT2D eigenvalue weighted by molar-refractivity contribution is -0.135. The van der Waals surface area contributed by atoms with E-state index in [2.05, 4.69) is 66.9 Å². The van der Waals surface area contributed by atoms with Crippen LogP contribution in [0.15, 0.2) is 42.5 Å². The molecule has 0 aromatic heterocycles. The number of piperazine rings is 1. The van der Waals surface area contributed by atoms with E-state index in [0.717, 1.165) is 56.9 Å². The minimum Gasteiger partial charge on any atom is -0.494 e. The lowest BCUT2D eigenvalue weighted by Gasteiger charge is -2.38. The molecular formula is C26H36N4O2. The van der Waals surface area contributed by atoms with Gasteiger partial charge in [0.1, 0.15) is 5.75 Å². The fourth-order valence-electron chi connectivity index (χ4n) is 4.63. The van der Waals surface area contributed by atoms with Crippen LogP contribution in [0.3, 0.4) is 0 Å². The Balaban J connectivity index is 1.36. The molecule has 2 aliphatic heterocycles. The molecule has 172 valence electrons. The normalized spacial score (nSPS) is 21.1. The van der Waals surface area contributed by atoms with Gasteiger partial charge in [-0.3, -0.25) is 10.2 Å². The minimum absolute atomic E-state index is 0.0239. The van der Waals surface area contributed by atoms with Crippen LogP contribution in [-0.4, -0.2) is 50.1 Å². The third-order valence-electron chi connectivity index (χ3n) is 6.81. The predicted octanol–water partition coefficient (Wildman–Crippen LogP) is 3.60. The van der Waals surface area contributed by atoms with Gasteiger partial charge in [0.2, 0.25) is 5.91 Å². The molecule has 4 rings (SSSR count). The van der Waals surface area contributed by atoms with Gasteiger partial charge in [0.25, 0.3) is 0 Å². The van der Waals surface area contributed by atoms with E-state index in [0.29, 0.717) is 6.54 Å². The topological polar surface area (TPSA) is 56.8 Å². The summed E-state index contributed by atoms with van der Waals surface area (Å²) in [4.78, 5) is 17.8. The Bertz CT molecular complexity index is 907. The van der Waals surface area contributed by atoms with Crippen molar-refractivity contribution in [3.63, 3.8) is 0 Å². The zero-order valence-electron chi connectivity index (χ0n) is 19.6. The Morgan fingerprint density at radius 3 is 2.53 bits per heavy atom. The number of carbonyl (C=O) groups excluding carboxylic acids is 1. The highest BCUT2D eigenvalue weighted by Crippen LogP contribution is 2.29. The third-order valence-corrected chi connectivity index (χ3v) is 6.81. The van der Waals surface area contributed by atoms with Crippen LogP contribution < -0.4 is 20.5 Å². The number of hydrogen-bond donors (Lipinski definition) is 2. The van der Waals surface area contributed by atoms with Gasteiger partial charge < -0.3 is 14.5 Å². The van der Waals surface area contributed by atoms with E-state index in [1.807, 2.05) is 17.0 Å². The maximum Gasteiger partial charge on any atom is 0.229 e. The van der Waals surface area contributed by atoms with Gasteiger partial charge in [-0.1, -0.05) is 37.6 Å². The monoisotopic (exact) mass is 436 g/mol. The number of nitrogens with zero attached hydrogens (tertiary/aromatic N) is 2. The number of hydrazine groups is 1. The summed E-state index contributed by atoms with van der Waals surface area (Å²) in [5.41, 5.74) is 11.6. The van der Waals surface area contributed by atoms with Gasteiger partial charge in [0.15, 0.2) is 0 Å². The second kappa shape index (κ2) is 10.4. The number of amides is 1. The first-order valence-electron chi connectivity index (χ1n) is 11.9. The van der Waals surface area contributed by atoms with Crippen LogP contribution in [-0.2, 0) is 4.79 Å². The Kier molecular flexibility index (Phi) is 7.33. The number of nitrogens with one attached hydrogen (secondary N) is 2. The highest BCUT2D eigenvalue weighted by molar-refractivity contribution is 5.81. The molecule has 2 saturated heterocycles. The van der Waals surface area contributed by atoms with E-state index in [9.17, 15) is 4.79 Å². The molecule has 2 atom stereocenters. The largest absolute Gasteiger partial charge is 0.494 e. The smallest absolute Gasteiger partial charge is 0.229 e. The summed E-state index contributed by atoms with van der Waals surface area (Å²) in [5.74, 6) is 1.02. The first-order valence-corrected chi connectivity index (χ1v) is 11.9. The van der Waals surface area contributed by atoms with Crippen LogP contribution in [0.2, 0.25) is 0 Å². The Morgan fingerprint density at radius 2 is 1.81 bits per heavy atom. The van der Waals surface area contributed by atoms with Crippen molar-refractivity contribution < 1.29 is 9.53 Å². The average molecular weight is 437 g/mol. The van der Waals surface area contributed by atoms with Crippen LogP contribution in [0.25, 0.3) is 0 Å². The molecule has 2 fully saturated rings. The second-order valence-corrected chi connectivity index (χ2v) is 8.91. The fourth-order valence-corrected chi connectivity index (χ4v) is 4.63. The van der Waals surface area contributed by atoms with Crippen LogP contribution in [0.5, 0.6) is 5.75 Å². The van der Waals surface area contributed by atoms with Crippen molar-refractivity contribution in [1.29, 1.82) is 0 Å². The van der Waals surface area contributed by atoms with Crippen LogP contribution in [0, 0.1) is 19.8 Å². The maximum atomic E-state index is 13.4. The maximum absolute atomic E-state index is 13.4. The number of ether oxygens (including phenoxy) is 1. The van der Waals surface area contributed by atoms with Crippen molar-refractivity contribution in [2.24, 2.45) is 5.92 Å². The molecule has 0 spiro atoms. The molecule has 2 unspecified atom stereocenters. The highest BCUT2D eigenvalue weighted by Gasteiger charge is 2.37. The van der Waals surface area contributed by atoms with Crippen molar-refractivity contribution in [2.45, 2.75) is 39.7 Å². The third kappa shape index (κ3) is 4.92. The summed E-state index contributed by atoms with van der Waals surface area (Å²) in [7, 11) is 0. The summed E-state index contributed by atoms with van der Waals surface area (Å²) in [6.07, 6.45) is 2.18. The zero-order chi connectivity index (χ0) is 22.5. The van der Waals surface area contributed by atoms with E-state index in [4.69, 9.17) is 4.74 Å². The molecule has 0 saturated carbocycles. The van der Waals surface area contributed by atoms with E-state index in [1.165, 1.54) is 16.8 Å². The highest BCUT2D eigenvalue weighted by atomic mass is 16.5. The Morgan fingerprint density at radius 1 is 1.06 bits per heavy atom. The average Bonchev–Trinajstić information content (AvgIpc) is 3.31. The molecule has 0 radical (unpaired) electrons. The number of aryl methyl sites for hydroxylation is 1. The first kappa shape index (κ1) is 22.6. The molecule has 1 amide bonds. The fraction of sp³-hybridized carbons (Fsp3) is 0.500. The van der Waals surface area contributed by atoms with Gasteiger partial charge in [-0.2, -0.15) is 0 Å². The molecule has 2 N–H and O–H groups in total. The van der Waals surface area contributed by atoms with Gasteiger partial charge in [0, 0.05) is 38.4 Å². The van der Waals surface area contributed by atoms with Crippen molar-refractivity contribution in [1.82, 2.24) is 15.8 Å². The Labute approximate surface area is 191 Å². The van der Waals surface area contributed by atoms with E-state index >= 15 is 0 Å². The predicted molar refractivity (Wildman–Crippen MR) is 129 cm³/mol. The molecule has 2 aromatic carbocycles. The molecule has 0 aliphatic carbocycles. The Hall–Kier alpha value is -2.57. The van der Waals surface area contributed by atoms with Crippen LogP contribution in [0.4, 0.5) is 5.69 Å². The summed E-state index contributed by atoms with van der Waals surface area (Å²) >= 11 is 0. The molecule has 2 aliphatic rings. The van der Waals surface area contributed by atoms with Crippen LogP contribution in [0.1, 0.15) is 42.5 Å². The van der Waals surface area contributed by atoms with E-state index in [-0.39, 0.29) is 17.9 Å². The molecule has 6 heteroatoms.